The fraction of sp³-hybridized carbons (Fsp3) is 0.455. The van der Waals surface area contributed by atoms with Crippen LogP contribution in [-0.2, 0) is 20.8 Å². The van der Waals surface area contributed by atoms with Crippen LogP contribution in [-0.4, -0.2) is 79.8 Å². The molecule has 3 aliphatic rings. The Kier molecular flexibility index (Phi) is 5.67. The number of amides is 1. The fourth-order valence-corrected chi connectivity index (χ4v) is 5.96. The van der Waals surface area contributed by atoms with Gasteiger partial charge in [-0.05, 0) is 62.8 Å². The Balaban J connectivity index is 1.92. The van der Waals surface area contributed by atoms with Crippen molar-refractivity contribution in [2.45, 2.75) is 30.6 Å². The summed E-state index contributed by atoms with van der Waals surface area (Å²) >= 11 is 4.91. The number of nitrogens with zero attached hydrogens (tertiary/aromatic N) is 1. The number of hydrogen-bond donors (Lipinski definition) is 7. The number of hydrogen-bond acceptors (Lipinski definition) is 9. The van der Waals surface area contributed by atoms with Gasteiger partial charge in [0.25, 0.3) is 0 Å². The van der Waals surface area contributed by atoms with E-state index in [0.717, 1.165) is 0 Å². The molecule has 2 saturated carbocycles. The molecular formula is C22H26N4O7S. The maximum absolute atomic E-state index is 13.7. The predicted molar refractivity (Wildman–Crippen MR) is 124 cm³/mol. The number of likely N-dealkylation sites (N-methyl/N-ethyl adjacent to an activating group) is 1. The number of thiocarbonyl (C=S) groups is 1. The molecule has 0 radical (unpaired) electrons. The molecule has 9 N–H and O–H groups in total. The average Bonchev–Trinajstić information content (AvgIpc) is 2.72. The quantitative estimate of drug-likeness (QED) is 0.152. The van der Waals surface area contributed by atoms with E-state index in [1.54, 1.807) is 14.1 Å². The monoisotopic (exact) mass is 490 g/mol. The number of rotatable bonds is 3. The summed E-state index contributed by atoms with van der Waals surface area (Å²) in [6.07, 6.45) is -1.36. The summed E-state index contributed by atoms with van der Waals surface area (Å²) in [6, 6.07) is 1.86. The van der Waals surface area contributed by atoms with Gasteiger partial charge in [0.2, 0.25) is 11.7 Å². The molecule has 1 aromatic carbocycles. The van der Waals surface area contributed by atoms with E-state index in [9.17, 15) is 34.8 Å². The third-order valence-electron chi connectivity index (χ3n) is 7.23. The van der Waals surface area contributed by atoms with E-state index >= 15 is 0 Å². The van der Waals surface area contributed by atoms with E-state index in [1.165, 1.54) is 17.0 Å². The van der Waals surface area contributed by atoms with Gasteiger partial charge in [0.1, 0.15) is 17.4 Å². The molecule has 0 spiro atoms. The summed E-state index contributed by atoms with van der Waals surface area (Å²) in [4.78, 5) is 40.5. The largest absolute Gasteiger partial charge is 0.507 e. The Hall–Kier alpha value is -3.06. The molecule has 0 bridgehead atoms. The molecule has 34 heavy (non-hydrogen) atoms. The van der Waals surface area contributed by atoms with Gasteiger partial charge in [-0.25, -0.2) is 0 Å². The lowest BCUT2D eigenvalue weighted by molar-refractivity contribution is -0.184. The lowest BCUT2D eigenvalue weighted by Gasteiger charge is -2.53. The molecular weight excluding hydrogens is 464 g/mol. The zero-order valence-corrected chi connectivity index (χ0v) is 19.3. The van der Waals surface area contributed by atoms with Gasteiger partial charge in [-0.1, -0.05) is 0 Å². The molecule has 6 atom stereocenters. The maximum atomic E-state index is 13.7. The van der Waals surface area contributed by atoms with Crippen LogP contribution in [0.1, 0.15) is 17.5 Å². The third kappa shape index (κ3) is 3.21. The zero-order chi connectivity index (χ0) is 25.3. The van der Waals surface area contributed by atoms with E-state index in [4.69, 9.17) is 23.7 Å². The number of carbonyl (C=O) groups is 3. The summed E-state index contributed by atoms with van der Waals surface area (Å²) in [5, 5.41) is 46.7. The van der Waals surface area contributed by atoms with Gasteiger partial charge in [-0.15, -0.1) is 0 Å². The topological polar surface area (TPSA) is 199 Å². The number of anilines is 1. The first-order valence-electron chi connectivity index (χ1n) is 10.6. The first-order valence-corrected chi connectivity index (χ1v) is 11.0. The van der Waals surface area contributed by atoms with Crippen molar-refractivity contribution in [2.24, 2.45) is 29.2 Å². The maximum Gasteiger partial charge on any atom is 0.230 e. The van der Waals surface area contributed by atoms with Gasteiger partial charge in [0, 0.05) is 23.2 Å². The van der Waals surface area contributed by atoms with E-state index in [-0.39, 0.29) is 34.8 Å². The number of benzene rings is 1. The Morgan fingerprint density at radius 3 is 2.44 bits per heavy atom. The van der Waals surface area contributed by atoms with Crippen LogP contribution < -0.4 is 16.8 Å². The van der Waals surface area contributed by atoms with Crippen LogP contribution >= 0.6 is 12.2 Å². The second-order valence-corrected chi connectivity index (χ2v) is 9.70. The summed E-state index contributed by atoms with van der Waals surface area (Å²) in [5.41, 5.74) is 8.88. The number of aliphatic hydroxyl groups is 3. The van der Waals surface area contributed by atoms with Gasteiger partial charge >= 0.3 is 0 Å². The number of carbonyl (C=O) groups excluding carboxylic acids is 3. The number of nitrogens with two attached hydrogens (primary N) is 2. The number of Topliss-reactive ketones (excluding diaryl/α,β-unsaturated/α-hetero) is 2. The molecule has 2 fully saturated rings. The molecule has 1 aromatic rings. The van der Waals surface area contributed by atoms with Gasteiger partial charge < -0.3 is 42.1 Å². The zero-order valence-electron chi connectivity index (χ0n) is 18.5. The highest BCUT2D eigenvalue weighted by Crippen LogP contribution is 2.52. The molecule has 182 valence electrons. The third-order valence-corrected chi connectivity index (χ3v) is 7.33. The SMILES string of the molecule is CN(C)C1C(O)C(C(N)=O)C(=O)C2(O)C(=O)C3=C(O)c4c(O)ccc(NC(N)=S)c4CC3CC12. The number of ketones is 2. The van der Waals surface area contributed by atoms with Crippen molar-refractivity contribution in [1.29, 1.82) is 0 Å². The molecule has 3 aliphatic carbocycles. The lowest BCUT2D eigenvalue weighted by Crippen LogP contribution is -2.73. The number of aliphatic hydroxyl groups excluding tert-OH is 2. The highest BCUT2D eigenvalue weighted by molar-refractivity contribution is 7.80. The van der Waals surface area contributed by atoms with Crippen LogP contribution in [0.25, 0.3) is 5.76 Å². The van der Waals surface area contributed by atoms with Crippen LogP contribution in [0.3, 0.4) is 0 Å². The van der Waals surface area contributed by atoms with Crippen molar-refractivity contribution >= 4 is 46.3 Å². The van der Waals surface area contributed by atoms with Crippen molar-refractivity contribution in [3.63, 3.8) is 0 Å². The Bertz CT molecular complexity index is 1170. The van der Waals surface area contributed by atoms with E-state index in [2.05, 4.69) is 5.32 Å². The first kappa shape index (κ1) is 24.1. The van der Waals surface area contributed by atoms with Gasteiger partial charge in [0.15, 0.2) is 16.5 Å². The Morgan fingerprint density at radius 1 is 1.24 bits per heavy atom. The highest BCUT2D eigenvalue weighted by Gasteiger charge is 2.67. The van der Waals surface area contributed by atoms with Crippen molar-refractivity contribution in [3.05, 3.63) is 28.8 Å². The first-order chi connectivity index (χ1) is 15.8. The Morgan fingerprint density at radius 2 is 1.88 bits per heavy atom. The normalized spacial score (nSPS) is 32.7. The van der Waals surface area contributed by atoms with Crippen LogP contribution in [0, 0.1) is 17.8 Å². The van der Waals surface area contributed by atoms with Crippen LogP contribution in [0.2, 0.25) is 0 Å². The number of phenols is 1. The highest BCUT2D eigenvalue weighted by atomic mass is 32.1. The summed E-state index contributed by atoms with van der Waals surface area (Å²) in [7, 11) is 3.18. The summed E-state index contributed by atoms with van der Waals surface area (Å²) < 4.78 is 0. The smallest absolute Gasteiger partial charge is 0.230 e. The molecule has 0 saturated heterocycles. The number of fused-ring (bicyclic) bond motifs is 3. The molecule has 1 amide bonds. The summed E-state index contributed by atoms with van der Waals surface area (Å²) in [5.74, 6) is -7.88. The van der Waals surface area contributed by atoms with Crippen molar-refractivity contribution in [2.75, 3.05) is 19.4 Å². The van der Waals surface area contributed by atoms with E-state index in [1.807, 2.05) is 0 Å². The number of phenolic OH excluding ortho intramolecular Hbond substituents is 1. The van der Waals surface area contributed by atoms with E-state index < -0.39 is 58.7 Å². The van der Waals surface area contributed by atoms with Gasteiger partial charge in [0.05, 0.1) is 11.7 Å². The number of primary amides is 1. The van der Waals surface area contributed by atoms with Crippen LogP contribution in [0.15, 0.2) is 17.7 Å². The van der Waals surface area contributed by atoms with Crippen LogP contribution in [0.5, 0.6) is 5.75 Å². The average molecular weight is 491 g/mol. The van der Waals surface area contributed by atoms with E-state index in [0.29, 0.717) is 11.3 Å². The number of nitrogens with one attached hydrogen (secondary N) is 1. The molecule has 12 heteroatoms. The fourth-order valence-electron chi connectivity index (χ4n) is 5.85. The second kappa shape index (κ2) is 8.01. The predicted octanol–water partition coefficient (Wildman–Crippen LogP) is -1.22. The Labute approximate surface area is 200 Å². The van der Waals surface area contributed by atoms with Gasteiger partial charge in [-0.3, -0.25) is 14.4 Å². The lowest BCUT2D eigenvalue weighted by atomic mass is 9.54. The molecule has 0 aliphatic heterocycles. The molecule has 0 aromatic heterocycles. The number of aromatic hydroxyl groups is 1. The minimum atomic E-state index is -2.69. The minimum absolute atomic E-state index is 0.0281. The van der Waals surface area contributed by atoms with Crippen molar-refractivity contribution in [3.8, 4) is 5.75 Å². The summed E-state index contributed by atoms with van der Waals surface area (Å²) in [6.45, 7) is 0. The molecule has 0 heterocycles. The second-order valence-electron chi connectivity index (χ2n) is 9.27. The van der Waals surface area contributed by atoms with Crippen molar-refractivity contribution in [1.82, 2.24) is 4.90 Å². The molecule has 4 rings (SSSR count). The molecule has 11 nitrogen and oxygen atoms in total. The standard InChI is InChI=1S/C22H26N4O7S/c1-26(2)15-9-6-7-5-8-10(25-21(24)34)3-4-11(27)13(8)16(28)12(7)18(30)22(9,33)19(31)14(17(15)29)20(23)32/h3-4,7,9,14-15,17,27-29,33H,5-6H2,1-2H3,(H2,23,32)(H3,24,25,34). The van der Waals surface area contributed by atoms with Crippen LogP contribution in [0.4, 0.5) is 5.69 Å². The minimum Gasteiger partial charge on any atom is -0.507 e. The molecule has 6 unspecified atom stereocenters. The van der Waals surface area contributed by atoms with Crippen molar-refractivity contribution < 1.29 is 34.8 Å². The van der Waals surface area contributed by atoms with Gasteiger partial charge in [-0.2, -0.15) is 0 Å².